The lowest BCUT2D eigenvalue weighted by molar-refractivity contribution is 0.885. The van der Waals surface area contributed by atoms with E-state index < -0.39 is 0 Å². The predicted octanol–water partition coefficient (Wildman–Crippen LogP) is 6.15. The predicted molar refractivity (Wildman–Crippen MR) is 117 cm³/mol. The summed E-state index contributed by atoms with van der Waals surface area (Å²) < 4.78 is 2.16. The molecule has 0 bridgehead atoms. The highest BCUT2D eigenvalue weighted by atomic mass is 32.2. The summed E-state index contributed by atoms with van der Waals surface area (Å²) in [4.78, 5) is 0. The molecule has 0 saturated carbocycles. The maximum atomic E-state index is 4.54. The number of rotatable bonds is 5. The standard InChI is InChI=1S/C24H23N3S/c1-17-8-12-20(13-9-17)23-25-26-24(27(23)22-14-10-18(2)11-15-22)28-16-21-7-5-4-6-19(21)3/h4-15H,16H2,1-3H3. The number of aryl methyl sites for hydroxylation is 3. The molecule has 0 atom stereocenters. The van der Waals surface area contributed by atoms with Gasteiger partial charge < -0.3 is 0 Å². The van der Waals surface area contributed by atoms with Crippen molar-refractivity contribution >= 4 is 11.8 Å². The molecule has 0 N–H and O–H groups in total. The molecule has 1 aromatic heterocycles. The number of benzene rings is 3. The lowest BCUT2D eigenvalue weighted by atomic mass is 10.1. The zero-order valence-electron chi connectivity index (χ0n) is 16.4. The van der Waals surface area contributed by atoms with Crippen molar-refractivity contribution in [2.24, 2.45) is 0 Å². The first kappa shape index (κ1) is 18.5. The Kier molecular flexibility index (Phi) is 5.31. The fourth-order valence-corrected chi connectivity index (χ4v) is 4.12. The summed E-state index contributed by atoms with van der Waals surface area (Å²) in [7, 11) is 0. The molecule has 0 fully saturated rings. The zero-order valence-corrected chi connectivity index (χ0v) is 17.2. The van der Waals surface area contributed by atoms with E-state index in [2.05, 4.69) is 108 Å². The number of aromatic nitrogens is 3. The van der Waals surface area contributed by atoms with Crippen LogP contribution in [-0.2, 0) is 5.75 Å². The molecule has 0 spiro atoms. The second-order valence-corrected chi connectivity index (χ2v) is 8.00. The zero-order chi connectivity index (χ0) is 19.5. The van der Waals surface area contributed by atoms with Gasteiger partial charge in [-0.05, 0) is 44.0 Å². The molecule has 0 amide bonds. The van der Waals surface area contributed by atoms with Crippen LogP contribution in [0.1, 0.15) is 22.3 Å². The average molecular weight is 386 g/mol. The molecule has 4 aromatic rings. The molecule has 4 heteroatoms. The summed E-state index contributed by atoms with van der Waals surface area (Å²) in [6, 6.07) is 25.5. The maximum absolute atomic E-state index is 4.54. The Bertz CT molecular complexity index is 1080. The first-order chi connectivity index (χ1) is 13.6. The quantitative estimate of drug-likeness (QED) is 0.386. The lowest BCUT2D eigenvalue weighted by Gasteiger charge is -2.11. The van der Waals surface area contributed by atoms with E-state index in [1.807, 2.05) is 0 Å². The van der Waals surface area contributed by atoms with Crippen molar-refractivity contribution in [1.29, 1.82) is 0 Å². The Morgan fingerprint density at radius 1 is 0.750 bits per heavy atom. The van der Waals surface area contributed by atoms with Crippen LogP contribution in [-0.4, -0.2) is 14.8 Å². The van der Waals surface area contributed by atoms with E-state index in [-0.39, 0.29) is 0 Å². The summed E-state index contributed by atoms with van der Waals surface area (Å²) in [5.41, 5.74) is 7.25. The van der Waals surface area contributed by atoms with Gasteiger partial charge in [0.15, 0.2) is 11.0 Å². The minimum absolute atomic E-state index is 0.866. The molecule has 0 unspecified atom stereocenters. The molecule has 28 heavy (non-hydrogen) atoms. The van der Waals surface area contributed by atoms with Crippen LogP contribution in [0.3, 0.4) is 0 Å². The lowest BCUT2D eigenvalue weighted by Crippen LogP contribution is -2.00. The van der Waals surface area contributed by atoms with Crippen LogP contribution in [0.4, 0.5) is 0 Å². The van der Waals surface area contributed by atoms with Crippen LogP contribution in [0.25, 0.3) is 17.1 Å². The van der Waals surface area contributed by atoms with Crippen LogP contribution >= 0.6 is 11.8 Å². The van der Waals surface area contributed by atoms with Gasteiger partial charge in [-0.1, -0.05) is 83.6 Å². The van der Waals surface area contributed by atoms with Gasteiger partial charge in [0.05, 0.1) is 0 Å². The third kappa shape index (κ3) is 3.87. The van der Waals surface area contributed by atoms with Crippen molar-refractivity contribution in [2.45, 2.75) is 31.7 Å². The van der Waals surface area contributed by atoms with Crippen LogP contribution in [0.2, 0.25) is 0 Å². The van der Waals surface area contributed by atoms with Crippen molar-refractivity contribution in [3.8, 4) is 17.1 Å². The molecule has 0 aliphatic heterocycles. The van der Waals surface area contributed by atoms with E-state index in [0.29, 0.717) is 0 Å². The number of thioether (sulfide) groups is 1. The molecular weight excluding hydrogens is 362 g/mol. The van der Waals surface area contributed by atoms with E-state index in [0.717, 1.165) is 28.0 Å². The van der Waals surface area contributed by atoms with Crippen molar-refractivity contribution < 1.29 is 0 Å². The van der Waals surface area contributed by atoms with Crippen molar-refractivity contribution in [1.82, 2.24) is 14.8 Å². The van der Waals surface area contributed by atoms with Gasteiger partial charge in [-0.25, -0.2) is 0 Å². The monoisotopic (exact) mass is 385 g/mol. The molecule has 4 rings (SSSR count). The second-order valence-electron chi connectivity index (χ2n) is 7.06. The minimum Gasteiger partial charge on any atom is -0.270 e. The van der Waals surface area contributed by atoms with Gasteiger partial charge in [-0.3, -0.25) is 4.57 Å². The van der Waals surface area contributed by atoms with Gasteiger partial charge in [-0.2, -0.15) is 0 Å². The Hall–Kier alpha value is -2.85. The van der Waals surface area contributed by atoms with Gasteiger partial charge >= 0.3 is 0 Å². The summed E-state index contributed by atoms with van der Waals surface area (Å²) in [6.07, 6.45) is 0. The van der Waals surface area contributed by atoms with Crippen LogP contribution in [0.5, 0.6) is 0 Å². The highest BCUT2D eigenvalue weighted by molar-refractivity contribution is 7.98. The van der Waals surface area contributed by atoms with E-state index >= 15 is 0 Å². The Morgan fingerprint density at radius 2 is 1.39 bits per heavy atom. The fourth-order valence-electron chi connectivity index (χ4n) is 3.09. The third-order valence-electron chi connectivity index (χ3n) is 4.85. The molecule has 140 valence electrons. The molecule has 1 heterocycles. The number of hydrogen-bond donors (Lipinski definition) is 0. The summed E-state index contributed by atoms with van der Waals surface area (Å²) >= 11 is 1.72. The first-order valence-corrected chi connectivity index (χ1v) is 10.4. The third-order valence-corrected chi connectivity index (χ3v) is 5.83. The smallest absolute Gasteiger partial charge is 0.196 e. The van der Waals surface area contributed by atoms with Gasteiger partial charge in [0, 0.05) is 17.0 Å². The molecule has 0 aliphatic rings. The number of hydrogen-bond acceptors (Lipinski definition) is 3. The Morgan fingerprint density at radius 3 is 2.07 bits per heavy atom. The molecule has 3 aromatic carbocycles. The topological polar surface area (TPSA) is 30.7 Å². The van der Waals surface area contributed by atoms with E-state index in [1.165, 1.54) is 22.3 Å². The van der Waals surface area contributed by atoms with E-state index in [9.17, 15) is 0 Å². The van der Waals surface area contributed by atoms with E-state index in [4.69, 9.17) is 0 Å². The van der Waals surface area contributed by atoms with Gasteiger partial charge in [0.1, 0.15) is 0 Å². The first-order valence-electron chi connectivity index (χ1n) is 9.38. The number of nitrogens with zero attached hydrogens (tertiary/aromatic N) is 3. The summed E-state index contributed by atoms with van der Waals surface area (Å²) in [5, 5.41) is 9.98. The van der Waals surface area contributed by atoms with Gasteiger partial charge in [0.25, 0.3) is 0 Å². The molecule has 0 radical (unpaired) electrons. The van der Waals surface area contributed by atoms with E-state index in [1.54, 1.807) is 11.8 Å². The highest BCUT2D eigenvalue weighted by Gasteiger charge is 2.16. The van der Waals surface area contributed by atoms with Crippen LogP contribution < -0.4 is 0 Å². The highest BCUT2D eigenvalue weighted by Crippen LogP contribution is 2.30. The van der Waals surface area contributed by atoms with Crippen LogP contribution in [0, 0.1) is 20.8 Å². The maximum Gasteiger partial charge on any atom is 0.196 e. The largest absolute Gasteiger partial charge is 0.270 e. The second kappa shape index (κ2) is 8.03. The Labute approximate surface area is 170 Å². The van der Waals surface area contributed by atoms with Crippen molar-refractivity contribution in [3.63, 3.8) is 0 Å². The molecular formula is C24H23N3S. The Balaban J connectivity index is 1.74. The average Bonchev–Trinajstić information content (AvgIpc) is 3.12. The van der Waals surface area contributed by atoms with Crippen molar-refractivity contribution in [3.05, 3.63) is 95.1 Å². The van der Waals surface area contributed by atoms with Gasteiger partial charge in [-0.15, -0.1) is 10.2 Å². The molecule has 0 aliphatic carbocycles. The summed E-state index contributed by atoms with van der Waals surface area (Å²) in [5.74, 6) is 1.74. The van der Waals surface area contributed by atoms with Crippen molar-refractivity contribution in [2.75, 3.05) is 0 Å². The minimum atomic E-state index is 0.866. The molecule has 3 nitrogen and oxygen atoms in total. The fraction of sp³-hybridized carbons (Fsp3) is 0.167. The SMILES string of the molecule is Cc1ccc(-c2nnc(SCc3ccccc3C)n2-c2ccc(C)cc2)cc1. The molecule has 0 saturated heterocycles. The van der Waals surface area contributed by atoms with Gasteiger partial charge in [0.2, 0.25) is 0 Å². The summed E-state index contributed by atoms with van der Waals surface area (Å²) in [6.45, 7) is 6.35. The normalized spacial score (nSPS) is 11.0. The van der Waals surface area contributed by atoms with Crippen LogP contribution in [0.15, 0.2) is 78.0 Å².